The molecule has 0 aliphatic carbocycles. The minimum Gasteiger partial charge on any atom is -0.493 e. The summed E-state index contributed by atoms with van der Waals surface area (Å²) in [7, 11) is 6.28. The highest BCUT2D eigenvalue weighted by Gasteiger charge is 2.21. The number of ether oxygens (including phenoxy) is 5. The highest BCUT2D eigenvalue weighted by Crippen LogP contribution is 2.40. The molecule has 1 N–H and O–H groups in total. The van der Waals surface area contributed by atoms with Crippen molar-refractivity contribution in [2.75, 3.05) is 47.8 Å². The Labute approximate surface area is 229 Å². The van der Waals surface area contributed by atoms with E-state index in [4.69, 9.17) is 23.7 Å². The molecule has 2 amide bonds. The van der Waals surface area contributed by atoms with E-state index in [1.165, 1.54) is 18.1 Å². The van der Waals surface area contributed by atoms with E-state index in [9.17, 15) is 14.4 Å². The number of aromatic nitrogens is 2. The summed E-state index contributed by atoms with van der Waals surface area (Å²) in [5, 5.41) is 5.17. The van der Waals surface area contributed by atoms with E-state index in [-0.39, 0.29) is 42.8 Å². The van der Waals surface area contributed by atoms with Crippen molar-refractivity contribution < 1.29 is 33.3 Å². The van der Waals surface area contributed by atoms with Crippen LogP contribution in [0.3, 0.4) is 0 Å². The van der Waals surface area contributed by atoms with Crippen LogP contribution in [0.1, 0.15) is 12.8 Å². The maximum atomic E-state index is 13.5. The van der Waals surface area contributed by atoms with Gasteiger partial charge >= 0.3 is 6.09 Å². The van der Waals surface area contributed by atoms with Gasteiger partial charge in [-0.05, 0) is 24.6 Å². The second-order valence-corrected chi connectivity index (χ2v) is 9.39. The number of pyridine rings is 2. The Hall–Kier alpha value is -4.58. The van der Waals surface area contributed by atoms with Gasteiger partial charge in [-0.25, -0.2) is 4.79 Å². The standard InChI is InChI=1S/C28H30N4O8/c1-31(8-7-29-25(33)6-5-9-36-3)28(35)40-24-11-17-16(10-21(24)37-4)19-14-30-20-13-23-22(38-15-39-23)12-18(20)26(19)32(2)27(17)34/h10-14H,5-9,15H2,1-4H3,(H,29,33). The van der Waals surface area contributed by atoms with E-state index in [0.29, 0.717) is 52.8 Å². The van der Waals surface area contributed by atoms with Crippen molar-refractivity contribution in [3.63, 3.8) is 0 Å². The number of nitrogens with one attached hydrogen (secondary N) is 1. The molecule has 2 aromatic carbocycles. The van der Waals surface area contributed by atoms with Gasteiger partial charge in [0.2, 0.25) is 12.7 Å². The average Bonchev–Trinajstić information content (AvgIpc) is 3.41. The second kappa shape index (κ2) is 11.3. The molecule has 0 saturated heterocycles. The summed E-state index contributed by atoms with van der Waals surface area (Å²) in [6.45, 7) is 1.13. The number of rotatable bonds is 9. The lowest BCUT2D eigenvalue weighted by Gasteiger charge is -2.19. The van der Waals surface area contributed by atoms with Crippen LogP contribution < -0.4 is 29.8 Å². The van der Waals surface area contributed by atoms with E-state index in [1.807, 2.05) is 6.07 Å². The van der Waals surface area contributed by atoms with Crippen LogP contribution in [0.2, 0.25) is 0 Å². The SMILES string of the molecule is COCCCC(=O)NCCN(C)C(=O)Oc1cc2c(=O)n(C)c3c4cc5c(cc4ncc3c2cc1OC)OCO5. The molecule has 0 saturated carbocycles. The van der Waals surface area contributed by atoms with Gasteiger partial charge in [0.05, 0.1) is 23.5 Å². The number of fused-ring (bicyclic) bond motifs is 6. The Bertz CT molecular complexity index is 1680. The first kappa shape index (κ1) is 27.0. The van der Waals surface area contributed by atoms with Gasteiger partial charge in [-0.2, -0.15) is 0 Å². The Morgan fingerprint density at radius 3 is 2.55 bits per heavy atom. The van der Waals surface area contributed by atoms with Crippen molar-refractivity contribution in [2.45, 2.75) is 12.8 Å². The maximum absolute atomic E-state index is 13.5. The second-order valence-electron chi connectivity index (χ2n) is 9.39. The number of methoxy groups -OCH3 is 2. The first-order valence-corrected chi connectivity index (χ1v) is 12.7. The first-order valence-electron chi connectivity index (χ1n) is 12.7. The van der Waals surface area contributed by atoms with Crippen LogP contribution in [0, 0.1) is 0 Å². The number of carbonyl (C=O) groups excluding carboxylic acids is 2. The normalized spacial score (nSPS) is 12.2. The Morgan fingerprint density at radius 1 is 1.05 bits per heavy atom. The van der Waals surface area contributed by atoms with Crippen molar-refractivity contribution >= 4 is 44.6 Å². The summed E-state index contributed by atoms with van der Waals surface area (Å²) >= 11 is 0. The van der Waals surface area contributed by atoms with Crippen molar-refractivity contribution in [1.82, 2.24) is 19.8 Å². The fraction of sp³-hybridized carbons (Fsp3) is 0.357. The third kappa shape index (κ3) is 5.05. The van der Waals surface area contributed by atoms with Crippen LogP contribution in [0.4, 0.5) is 4.79 Å². The minimum atomic E-state index is -0.660. The lowest BCUT2D eigenvalue weighted by molar-refractivity contribution is -0.121. The molecule has 0 bridgehead atoms. The molecule has 1 aliphatic heterocycles. The molecule has 0 atom stereocenters. The molecular weight excluding hydrogens is 520 g/mol. The van der Waals surface area contributed by atoms with Crippen LogP contribution in [0.15, 0.2) is 35.3 Å². The summed E-state index contributed by atoms with van der Waals surface area (Å²) in [5.41, 5.74) is 1.06. The fourth-order valence-corrected chi connectivity index (χ4v) is 4.70. The fourth-order valence-electron chi connectivity index (χ4n) is 4.70. The van der Waals surface area contributed by atoms with Crippen molar-refractivity contribution in [3.8, 4) is 23.0 Å². The van der Waals surface area contributed by atoms with Crippen LogP contribution in [-0.4, -0.2) is 74.2 Å². The minimum absolute atomic E-state index is 0.101. The number of likely N-dealkylation sites (N-methyl/N-ethyl adjacent to an activating group) is 1. The molecule has 0 radical (unpaired) electrons. The van der Waals surface area contributed by atoms with Crippen molar-refractivity contribution in [2.24, 2.45) is 7.05 Å². The quantitative estimate of drug-likeness (QED) is 0.247. The lowest BCUT2D eigenvalue weighted by atomic mass is 10.0. The molecule has 0 unspecified atom stereocenters. The summed E-state index contributed by atoms with van der Waals surface area (Å²) < 4.78 is 28.6. The molecule has 5 rings (SSSR count). The van der Waals surface area contributed by atoms with Gasteiger partial charge in [0.15, 0.2) is 23.0 Å². The van der Waals surface area contributed by atoms with Crippen molar-refractivity contribution in [1.29, 1.82) is 0 Å². The average molecular weight is 551 g/mol. The smallest absolute Gasteiger partial charge is 0.415 e. The van der Waals surface area contributed by atoms with Crippen LogP contribution in [0.25, 0.3) is 32.6 Å². The topological polar surface area (TPSA) is 130 Å². The predicted octanol–water partition coefficient (Wildman–Crippen LogP) is 2.95. The van der Waals surface area contributed by atoms with E-state index in [0.717, 1.165) is 10.8 Å². The monoisotopic (exact) mass is 550 g/mol. The number of hydrogen-bond acceptors (Lipinski definition) is 9. The van der Waals surface area contributed by atoms with Gasteiger partial charge in [-0.3, -0.25) is 14.6 Å². The number of aryl methyl sites for hydroxylation is 1. The Balaban J connectivity index is 1.43. The maximum Gasteiger partial charge on any atom is 0.415 e. The molecule has 40 heavy (non-hydrogen) atoms. The Morgan fingerprint density at radius 2 is 1.80 bits per heavy atom. The van der Waals surface area contributed by atoms with Gasteiger partial charge in [0, 0.05) is 75.7 Å². The predicted molar refractivity (Wildman–Crippen MR) is 147 cm³/mol. The van der Waals surface area contributed by atoms with E-state index < -0.39 is 6.09 Å². The molecule has 210 valence electrons. The van der Waals surface area contributed by atoms with Gasteiger partial charge in [0.25, 0.3) is 5.56 Å². The molecular formula is C28H30N4O8. The zero-order valence-electron chi connectivity index (χ0n) is 22.7. The summed E-state index contributed by atoms with van der Waals surface area (Å²) in [4.78, 5) is 44.2. The Kier molecular flexibility index (Phi) is 7.60. The van der Waals surface area contributed by atoms with Crippen LogP contribution >= 0.6 is 0 Å². The van der Waals surface area contributed by atoms with Gasteiger partial charge in [-0.1, -0.05) is 0 Å². The zero-order valence-corrected chi connectivity index (χ0v) is 22.7. The molecule has 4 aromatic rings. The number of amides is 2. The number of nitrogens with zero attached hydrogens (tertiary/aromatic N) is 3. The van der Waals surface area contributed by atoms with Crippen molar-refractivity contribution in [3.05, 3.63) is 40.8 Å². The van der Waals surface area contributed by atoms with Gasteiger partial charge < -0.3 is 38.5 Å². The highest BCUT2D eigenvalue weighted by atomic mass is 16.7. The molecule has 12 heteroatoms. The van der Waals surface area contributed by atoms with Crippen LogP contribution in [-0.2, 0) is 16.6 Å². The molecule has 12 nitrogen and oxygen atoms in total. The highest BCUT2D eigenvalue weighted by molar-refractivity contribution is 6.15. The molecule has 0 fully saturated rings. The molecule has 0 spiro atoms. The molecule has 1 aliphatic rings. The lowest BCUT2D eigenvalue weighted by Crippen LogP contribution is -2.37. The summed E-state index contributed by atoms with van der Waals surface area (Å²) in [5.74, 6) is 1.45. The third-order valence-corrected chi connectivity index (χ3v) is 6.83. The number of carbonyl (C=O) groups is 2. The van der Waals surface area contributed by atoms with E-state index >= 15 is 0 Å². The largest absolute Gasteiger partial charge is 0.493 e. The van der Waals surface area contributed by atoms with E-state index in [2.05, 4.69) is 10.3 Å². The number of hydrogen-bond donors (Lipinski definition) is 1. The third-order valence-electron chi connectivity index (χ3n) is 6.83. The van der Waals surface area contributed by atoms with Gasteiger partial charge in [0.1, 0.15) is 0 Å². The summed E-state index contributed by atoms with van der Waals surface area (Å²) in [6, 6.07) is 6.79. The van der Waals surface area contributed by atoms with Gasteiger partial charge in [-0.15, -0.1) is 0 Å². The van der Waals surface area contributed by atoms with Crippen LogP contribution in [0.5, 0.6) is 23.0 Å². The molecule has 3 heterocycles. The molecule has 2 aromatic heterocycles. The first-order chi connectivity index (χ1) is 19.3. The van der Waals surface area contributed by atoms with E-state index in [1.54, 1.807) is 44.1 Å². The zero-order chi connectivity index (χ0) is 28.4. The summed E-state index contributed by atoms with van der Waals surface area (Å²) in [6.07, 6.45) is 2.00. The number of benzene rings is 2.